The molecule has 0 radical (unpaired) electrons. The van der Waals surface area contributed by atoms with E-state index in [-0.39, 0.29) is 35.5 Å². The summed E-state index contributed by atoms with van der Waals surface area (Å²) in [7, 11) is 1.52. The third-order valence-corrected chi connectivity index (χ3v) is 5.93. The summed E-state index contributed by atoms with van der Waals surface area (Å²) in [4.78, 5) is 39.7. The van der Waals surface area contributed by atoms with Gasteiger partial charge in [-0.05, 0) is 43.7 Å². The summed E-state index contributed by atoms with van der Waals surface area (Å²) in [5, 5.41) is 2.77. The van der Waals surface area contributed by atoms with E-state index in [1.54, 1.807) is 31.2 Å². The van der Waals surface area contributed by atoms with Crippen LogP contribution in [0, 0.1) is 23.7 Å². The Labute approximate surface area is 152 Å². The molecule has 3 amide bonds. The Morgan fingerprint density at radius 2 is 1.69 bits per heavy atom. The van der Waals surface area contributed by atoms with Gasteiger partial charge in [0.2, 0.25) is 17.7 Å². The van der Waals surface area contributed by atoms with Gasteiger partial charge in [-0.1, -0.05) is 24.3 Å². The van der Waals surface area contributed by atoms with Gasteiger partial charge in [0.25, 0.3) is 0 Å². The third-order valence-electron chi connectivity index (χ3n) is 5.93. The Kier molecular flexibility index (Phi) is 4.05. The highest BCUT2D eigenvalue weighted by Crippen LogP contribution is 2.50. The Morgan fingerprint density at radius 1 is 1.12 bits per heavy atom. The van der Waals surface area contributed by atoms with Crippen LogP contribution in [0.4, 0.5) is 5.69 Å². The van der Waals surface area contributed by atoms with Crippen LogP contribution in [0.5, 0.6) is 5.75 Å². The average molecular weight is 354 g/mol. The lowest BCUT2D eigenvalue weighted by molar-refractivity contribution is -0.146. The lowest BCUT2D eigenvalue weighted by atomic mass is 9.63. The smallest absolute Gasteiger partial charge is 0.247 e. The van der Waals surface area contributed by atoms with Crippen LogP contribution in [-0.2, 0) is 14.4 Å². The number of allylic oxidation sites excluding steroid dienone is 2. The van der Waals surface area contributed by atoms with Crippen LogP contribution in [0.2, 0.25) is 0 Å². The highest BCUT2D eigenvalue weighted by atomic mass is 16.5. The van der Waals surface area contributed by atoms with Crippen molar-refractivity contribution in [2.45, 2.75) is 25.8 Å². The summed E-state index contributed by atoms with van der Waals surface area (Å²) in [5.74, 6) is -0.631. The molecule has 1 saturated carbocycles. The van der Waals surface area contributed by atoms with Crippen molar-refractivity contribution in [2.75, 3.05) is 12.4 Å². The number of nitrogens with one attached hydrogen (secondary N) is 1. The number of fused-ring (bicyclic) bond motifs is 1. The van der Waals surface area contributed by atoms with E-state index in [2.05, 4.69) is 17.5 Å². The molecule has 1 N–H and O–H groups in total. The minimum absolute atomic E-state index is 0.121. The SMILES string of the molecule is COc1ccccc1NC(=O)[C@H](C)N1C(=O)[C@@H]2[C@@H](C1=O)[C@H]1C=C[C@H]2CC1. The zero-order valence-corrected chi connectivity index (χ0v) is 14.8. The van der Waals surface area contributed by atoms with E-state index < -0.39 is 11.9 Å². The van der Waals surface area contributed by atoms with Crippen molar-refractivity contribution in [2.24, 2.45) is 23.7 Å². The molecule has 0 unspecified atom stereocenters. The third kappa shape index (κ3) is 2.43. The molecule has 4 aliphatic rings. The van der Waals surface area contributed by atoms with Gasteiger partial charge >= 0.3 is 0 Å². The lowest BCUT2D eigenvalue weighted by Gasteiger charge is -2.38. The first kappa shape index (κ1) is 16.8. The van der Waals surface area contributed by atoms with Crippen molar-refractivity contribution in [1.82, 2.24) is 4.90 Å². The molecule has 3 aliphatic carbocycles. The van der Waals surface area contributed by atoms with Gasteiger partial charge in [-0.3, -0.25) is 19.3 Å². The molecule has 2 bridgehead atoms. The summed E-state index contributed by atoms with van der Waals surface area (Å²) in [6.07, 6.45) is 6.03. The van der Waals surface area contributed by atoms with E-state index in [0.717, 1.165) is 12.8 Å². The van der Waals surface area contributed by atoms with Gasteiger partial charge in [-0.2, -0.15) is 0 Å². The molecular weight excluding hydrogens is 332 g/mol. The number of rotatable bonds is 4. The lowest BCUT2D eigenvalue weighted by Crippen LogP contribution is -2.46. The first-order chi connectivity index (χ1) is 12.5. The summed E-state index contributed by atoms with van der Waals surface area (Å²) in [5.41, 5.74) is 0.519. The van der Waals surface area contributed by atoms with Crippen LogP contribution >= 0.6 is 0 Å². The highest BCUT2D eigenvalue weighted by Gasteiger charge is 2.58. The maximum Gasteiger partial charge on any atom is 0.247 e. The molecule has 136 valence electrons. The van der Waals surface area contributed by atoms with Crippen LogP contribution in [-0.4, -0.2) is 35.8 Å². The molecule has 1 aliphatic heterocycles. The summed E-state index contributed by atoms with van der Waals surface area (Å²) in [6.45, 7) is 1.60. The summed E-state index contributed by atoms with van der Waals surface area (Å²) in [6, 6.07) is 6.20. The normalized spacial score (nSPS) is 30.3. The Hall–Kier alpha value is -2.63. The molecular formula is C20H22N2O4. The largest absolute Gasteiger partial charge is 0.495 e. The molecule has 2 fully saturated rings. The first-order valence-electron chi connectivity index (χ1n) is 9.02. The van der Waals surface area contributed by atoms with Crippen LogP contribution in [0.3, 0.4) is 0 Å². The quantitative estimate of drug-likeness (QED) is 0.664. The Balaban J connectivity index is 1.55. The van der Waals surface area contributed by atoms with E-state index >= 15 is 0 Å². The van der Waals surface area contributed by atoms with Gasteiger partial charge in [0.05, 0.1) is 24.6 Å². The Morgan fingerprint density at radius 3 is 2.23 bits per heavy atom. The van der Waals surface area contributed by atoms with E-state index in [4.69, 9.17) is 4.74 Å². The number of carbonyl (C=O) groups is 3. The summed E-state index contributed by atoms with van der Waals surface area (Å²) < 4.78 is 5.24. The minimum Gasteiger partial charge on any atom is -0.495 e. The van der Waals surface area contributed by atoms with E-state index in [1.165, 1.54) is 12.0 Å². The monoisotopic (exact) mass is 354 g/mol. The number of anilines is 1. The molecule has 5 atom stereocenters. The second-order valence-corrected chi connectivity index (χ2v) is 7.25. The van der Waals surface area contributed by atoms with Crippen molar-refractivity contribution in [3.63, 3.8) is 0 Å². The van der Waals surface area contributed by atoms with Gasteiger partial charge < -0.3 is 10.1 Å². The fraction of sp³-hybridized carbons (Fsp3) is 0.450. The second kappa shape index (κ2) is 6.27. The number of imide groups is 1. The summed E-state index contributed by atoms with van der Waals surface area (Å²) >= 11 is 0. The maximum absolute atomic E-state index is 12.9. The van der Waals surface area contributed by atoms with Crippen LogP contribution < -0.4 is 10.1 Å². The standard InChI is InChI=1S/C20H22N2O4/c1-11(18(23)21-14-5-3-4-6-15(14)26-2)22-19(24)16-12-7-8-13(10-9-12)17(16)20(22)25/h3-8,11-13,16-17H,9-10H2,1-2H3,(H,21,23)/t11-,12-,13-,16-,17-/m0/s1. The molecule has 6 nitrogen and oxygen atoms in total. The molecule has 1 saturated heterocycles. The number of amides is 3. The molecule has 5 rings (SSSR count). The number of benzene rings is 1. The van der Waals surface area contributed by atoms with Crippen molar-refractivity contribution >= 4 is 23.4 Å². The Bertz CT molecular complexity index is 771. The number of ether oxygens (including phenoxy) is 1. The second-order valence-electron chi connectivity index (χ2n) is 7.25. The van der Waals surface area contributed by atoms with Crippen molar-refractivity contribution in [1.29, 1.82) is 0 Å². The fourth-order valence-corrected chi connectivity index (χ4v) is 4.58. The molecule has 1 aromatic rings. The number of carbonyl (C=O) groups excluding carboxylic acids is 3. The van der Waals surface area contributed by atoms with Crippen molar-refractivity contribution < 1.29 is 19.1 Å². The molecule has 0 aromatic heterocycles. The number of likely N-dealkylation sites (tertiary alicyclic amines) is 1. The number of hydrogen-bond acceptors (Lipinski definition) is 4. The molecule has 26 heavy (non-hydrogen) atoms. The van der Waals surface area contributed by atoms with Gasteiger partial charge in [0.1, 0.15) is 11.8 Å². The number of hydrogen-bond donors (Lipinski definition) is 1. The highest BCUT2D eigenvalue weighted by molar-refractivity contribution is 6.10. The topological polar surface area (TPSA) is 75.7 Å². The van der Waals surface area contributed by atoms with E-state index in [9.17, 15) is 14.4 Å². The first-order valence-corrected chi connectivity index (χ1v) is 9.02. The van der Waals surface area contributed by atoms with E-state index in [1.807, 2.05) is 0 Å². The van der Waals surface area contributed by atoms with Gasteiger partial charge in [0, 0.05) is 0 Å². The maximum atomic E-state index is 12.9. The zero-order valence-electron chi connectivity index (χ0n) is 14.8. The van der Waals surface area contributed by atoms with Gasteiger partial charge in [0.15, 0.2) is 0 Å². The predicted molar refractivity (Wildman–Crippen MR) is 95.3 cm³/mol. The molecule has 1 heterocycles. The van der Waals surface area contributed by atoms with Crippen molar-refractivity contribution in [3.8, 4) is 5.75 Å². The number of nitrogens with zero attached hydrogens (tertiary/aromatic N) is 1. The average Bonchev–Trinajstić information content (AvgIpc) is 2.95. The van der Waals surface area contributed by atoms with Crippen LogP contribution in [0.25, 0.3) is 0 Å². The van der Waals surface area contributed by atoms with Crippen molar-refractivity contribution in [3.05, 3.63) is 36.4 Å². The van der Waals surface area contributed by atoms with E-state index in [0.29, 0.717) is 11.4 Å². The molecule has 0 spiro atoms. The predicted octanol–water partition coefficient (Wildman–Crippen LogP) is 2.22. The van der Waals surface area contributed by atoms with Gasteiger partial charge in [-0.15, -0.1) is 0 Å². The fourth-order valence-electron chi connectivity index (χ4n) is 4.58. The number of methoxy groups -OCH3 is 1. The zero-order chi connectivity index (χ0) is 18.4. The van der Waals surface area contributed by atoms with Crippen LogP contribution in [0.1, 0.15) is 19.8 Å². The minimum atomic E-state index is -0.857. The molecule has 1 aromatic carbocycles. The van der Waals surface area contributed by atoms with Crippen LogP contribution in [0.15, 0.2) is 36.4 Å². The van der Waals surface area contributed by atoms with Gasteiger partial charge in [-0.25, -0.2) is 0 Å². The molecule has 6 heteroatoms. The number of para-hydroxylation sites is 2.